The van der Waals surface area contributed by atoms with Crippen LogP contribution in [0.15, 0.2) is 53.1 Å². The van der Waals surface area contributed by atoms with E-state index in [2.05, 4.69) is 9.97 Å². The summed E-state index contributed by atoms with van der Waals surface area (Å²) in [5.74, 6) is 0.0102. The molecular weight excluding hydrogens is 332 g/mol. The highest BCUT2D eigenvalue weighted by atomic mass is 16.3. The Morgan fingerprint density at radius 1 is 1.11 bits per heavy atom. The van der Waals surface area contributed by atoms with Gasteiger partial charge in [-0.05, 0) is 55.0 Å². The molecule has 0 radical (unpaired) electrons. The van der Waals surface area contributed by atoms with Gasteiger partial charge < -0.3 is 4.42 Å². The molecule has 5 rings (SSSR count). The molecule has 136 valence electrons. The number of aromatic nitrogens is 2. The van der Waals surface area contributed by atoms with Gasteiger partial charge in [0.05, 0.1) is 5.69 Å². The van der Waals surface area contributed by atoms with Gasteiger partial charge in [0.25, 0.3) is 0 Å². The summed E-state index contributed by atoms with van der Waals surface area (Å²) in [6.07, 6.45) is 5.37. The SMILES string of the molecule is [2H]C([2H])([2H])c1ccc2c(n1)oc1c(-c3cc(C([2H])([2H])C4CCCCC4)ccn3)cccc12. The summed E-state index contributed by atoms with van der Waals surface area (Å²) in [4.78, 5) is 8.74. The molecule has 0 spiro atoms. The maximum Gasteiger partial charge on any atom is 0.227 e. The summed E-state index contributed by atoms with van der Waals surface area (Å²) >= 11 is 0. The summed E-state index contributed by atoms with van der Waals surface area (Å²) < 4.78 is 46.5. The molecule has 0 bridgehead atoms. The fraction of sp³-hybridized carbons (Fsp3) is 0.333. The normalized spacial score (nSPS) is 19.3. The zero-order valence-corrected chi connectivity index (χ0v) is 15.0. The van der Waals surface area contributed by atoms with Crippen molar-refractivity contribution < 1.29 is 11.3 Å². The molecule has 1 saturated carbocycles. The second kappa shape index (κ2) is 6.80. The minimum absolute atomic E-state index is 0.00796. The number of para-hydroxylation sites is 1. The molecule has 1 fully saturated rings. The Kier molecular flexibility index (Phi) is 3.00. The molecule has 1 aliphatic carbocycles. The fourth-order valence-electron chi connectivity index (χ4n) is 4.03. The molecule has 3 heteroatoms. The van der Waals surface area contributed by atoms with Crippen molar-refractivity contribution in [3.05, 3.63) is 59.9 Å². The molecule has 27 heavy (non-hydrogen) atoms. The predicted molar refractivity (Wildman–Crippen MR) is 110 cm³/mol. The van der Waals surface area contributed by atoms with E-state index in [0.29, 0.717) is 16.8 Å². The van der Waals surface area contributed by atoms with Gasteiger partial charge in [0.15, 0.2) is 0 Å². The van der Waals surface area contributed by atoms with Crippen LogP contribution in [0.5, 0.6) is 0 Å². The molecule has 1 aliphatic rings. The molecular formula is C24H24N2O. The first-order valence-electron chi connectivity index (χ1n) is 12.0. The van der Waals surface area contributed by atoms with E-state index in [1.54, 1.807) is 18.3 Å². The van der Waals surface area contributed by atoms with E-state index in [-0.39, 0.29) is 17.3 Å². The Balaban J connectivity index is 1.61. The summed E-state index contributed by atoms with van der Waals surface area (Å²) in [7, 11) is 0. The van der Waals surface area contributed by atoms with Crippen LogP contribution in [-0.4, -0.2) is 9.97 Å². The van der Waals surface area contributed by atoms with Crippen LogP contribution in [0.1, 0.15) is 50.2 Å². The van der Waals surface area contributed by atoms with Crippen LogP contribution < -0.4 is 0 Å². The van der Waals surface area contributed by atoms with Crippen molar-refractivity contribution in [2.45, 2.75) is 45.3 Å². The van der Waals surface area contributed by atoms with Crippen molar-refractivity contribution in [2.24, 2.45) is 5.92 Å². The van der Waals surface area contributed by atoms with Crippen molar-refractivity contribution in [3.8, 4) is 11.3 Å². The quantitative estimate of drug-likeness (QED) is 0.419. The van der Waals surface area contributed by atoms with Gasteiger partial charge in [-0.1, -0.05) is 44.2 Å². The van der Waals surface area contributed by atoms with Gasteiger partial charge in [-0.3, -0.25) is 4.98 Å². The fourth-order valence-corrected chi connectivity index (χ4v) is 4.03. The number of fused-ring (bicyclic) bond motifs is 3. The highest BCUT2D eigenvalue weighted by molar-refractivity contribution is 6.08. The van der Waals surface area contributed by atoms with Gasteiger partial charge in [-0.15, -0.1) is 0 Å². The first-order valence-corrected chi connectivity index (χ1v) is 9.55. The van der Waals surface area contributed by atoms with Crippen LogP contribution in [0.3, 0.4) is 0 Å². The van der Waals surface area contributed by atoms with Crippen LogP contribution in [0.4, 0.5) is 0 Å². The van der Waals surface area contributed by atoms with E-state index in [1.807, 2.05) is 24.3 Å². The highest BCUT2D eigenvalue weighted by Gasteiger charge is 2.16. The second-order valence-corrected chi connectivity index (χ2v) is 7.24. The lowest BCUT2D eigenvalue weighted by Crippen LogP contribution is -2.09. The van der Waals surface area contributed by atoms with E-state index >= 15 is 0 Å². The average molecular weight is 361 g/mol. The minimum Gasteiger partial charge on any atom is -0.437 e. The summed E-state index contributed by atoms with van der Waals surface area (Å²) in [5, 5.41) is 1.56. The van der Waals surface area contributed by atoms with Crippen molar-refractivity contribution in [3.63, 3.8) is 0 Å². The number of hydrogen-bond acceptors (Lipinski definition) is 3. The molecule has 0 N–H and O–H groups in total. The van der Waals surface area contributed by atoms with Gasteiger partial charge in [0, 0.05) is 35.1 Å². The third-order valence-corrected chi connectivity index (χ3v) is 5.38. The molecule has 3 heterocycles. The topological polar surface area (TPSA) is 38.9 Å². The molecule has 0 aliphatic heterocycles. The number of nitrogens with zero attached hydrogens (tertiary/aromatic N) is 2. The molecule has 0 saturated heterocycles. The lowest BCUT2D eigenvalue weighted by molar-refractivity contribution is 0.356. The van der Waals surface area contributed by atoms with E-state index < -0.39 is 13.2 Å². The summed E-state index contributed by atoms with van der Waals surface area (Å²) in [6, 6.07) is 12.5. The maximum atomic E-state index is 8.81. The predicted octanol–water partition coefficient (Wildman–Crippen LogP) is 6.47. The van der Waals surface area contributed by atoms with Gasteiger partial charge in [-0.2, -0.15) is 0 Å². The standard InChI is InChI=1S/C24H24N2O/c1-16-10-11-20-19-8-5-9-21(23(19)27-24(20)26-16)22-15-18(12-13-25-22)14-17-6-3-2-4-7-17/h5,8-13,15,17H,2-4,6-7,14H2,1H3/i1D3,14D2. The Hall–Kier alpha value is -2.68. The molecule has 0 amide bonds. The Morgan fingerprint density at radius 2 is 2.04 bits per heavy atom. The first kappa shape index (κ1) is 11.9. The zero-order chi connectivity index (χ0) is 22.5. The van der Waals surface area contributed by atoms with Gasteiger partial charge >= 0.3 is 0 Å². The molecule has 0 atom stereocenters. The Bertz CT molecular complexity index is 1290. The molecule has 1 aromatic carbocycles. The van der Waals surface area contributed by atoms with E-state index in [0.717, 1.165) is 42.0 Å². The summed E-state index contributed by atoms with van der Waals surface area (Å²) in [5.41, 5.74) is 2.83. The third kappa shape index (κ3) is 3.12. The van der Waals surface area contributed by atoms with Crippen LogP contribution in [0.2, 0.25) is 0 Å². The second-order valence-electron chi connectivity index (χ2n) is 7.24. The van der Waals surface area contributed by atoms with Crippen molar-refractivity contribution in [1.82, 2.24) is 9.97 Å². The smallest absolute Gasteiger partial charge is 0.227 e. The van der Waals surface area contributed by atoms with E-state index in [1.165, 1.54) is 12.5 Å². The minimum atomic E-state index is -2.31. The molecule has 3 nitrogen and oxygen atoms in total. The number of furan rings is 1. The van der Waals surface area contributed by atoms with Crippen molar-refractivity contribution in [1.29, 1.82) is 0 Å². The van der Waals surface area contributed by atoms with Crippen LogP contribution >= 0.6 is 0 Å². The molecule has 0 unspecified atom stereocenters. The zero-order valence-electron chi connectivity index (χ0n) is 20.0. The van der Waals surface area contributed by atoms with Crippen LogP contribution in [-0.2, 0) is 6.37 Å². The highest BCUT2D eigenvalue weighted by Crippen LogP contribution is 2.35. The monoisotopic (exact) mass is 361 g/mol. The average Bonchev–Trinajstić information content (AvgIpc) is 3.17. The number of pyridine rings is 2. The Morgan fingerprint density at radius 3 is 2.93 bits per heavy atom. The van der Waals surface area contributed by atoms with E-state index in [4.69, 9.17) is 11.3 Å². The number of rotatable bonds is 3. The number of benzene rings is 1. The van der Waals surface area contributed by atoms with Crippen molar-refractivity contribution in [2.75, 3.05) is 0 Å². The van der Waals surface area contributed by atoms with Crippen molar-refractivity contribution >= 4 is 22.1 Å². The third-order valence-electron chi connectivity index (χ3n) is 5.38. The number of aryl methyl sites for hydroxylation is 1. The molecule has 4 aromatic rings. The largest absolute Gasteiger partial charge is 0.437 e. The van der Waals surface area contributed by atoms with Crippen LogP contribution in [0.25, 0.3) is 33.3 Å². The maximum absolute atomic E-state index is 8.81. The number of hydrogen-bond donors (Lipinski definition) is 0. The lowest BCUT2D eigenvalue weighted by atomic mass is 9.85. The lowest BCUT2D eigenvalue weighted by Gasteiger charge is -2.21. The Labute approximate surface area is 166 Å². The van der Waals surface area contributed by atoms with Gasteiger partial charge in [0.2, 0.25) is 5.71 Å². The van der Waals surface area contributed by atoms with E-state index in [9.17, 15) is 0 Å². The van der Waals surface area contributed by atoms with Gasteiger partial charge in [-0.25, -0.2) is 4.98 Å². The molecule has 3 aromatic heterocycles. The summed E-state index contributed by atoms with van der Waals surface area (Å²) in [6.45, 7) is -2.31. The van der Waals surface area contributed by atoms with Crippen LogP contribution in [0, 0.1) is 12.8 Å². The first-order chi connectivity index (χ1) is 15.2. The van der Waals surface area contributed by atoms with Gasteiger partial charge in [0.1, 0.15) is 5.58 Å².